The third-order valence-electron chi connectivity index (χ3n) is 3.59. The maximum Gasteiger partial charge on any atom is 0.253 e. The second kappa shape index (κ2) is 6.98. The Morgan fingerprint density at radius 2 is 1.73 bits per heavy atom. The van der Waals surface area contributed by atoms with Gasteiger partial charge in [-0.05, 0) is 36.8 Å². The lowest BCUT2D eigenvalue weighted by atomic mass is 10.1. The fourth-order valence-corrected chi connectivity index (χ4v) is 2.39. The highest BCUT2D eigenvalue weighted by atomic mass is 16.5. The van der Waals surface area contributed by atoms with E-state index >= 15 is 0 Å². The molecular weight excluding hydrogens is 278 g/mol. The number of carbonyl (C=O) groups excluding carboxylic acids is 1. The van der Waals surface area contributed by atoms with Crippen molar-refractivity contribution in [3.63, 3.8) is 0 Å². The Kier molecular flexibility index (Phi) is 5.04. The first kappa shape index (κ1) is 15.9. The molecule has 0 saturated carbocycles. The van der Waals surface area contributed by atoms with Gasteiger partial charge < -0.3 is 14.4 Å². The molecule has 0 bridgehead atoms. The first-order valence-electron chi connectivity index (χ1n) is 7.08. The zero-order chi connectivity index (χ0) is 16.1. The van der Waals surface area contributed by atoms with Crippen LogP contribution < -0.4 is 9.47 Å². The zero-order valence-electron chi connectivity index (χ0n) is 13.4. The molecule has 0 aliphatic rings. The van der Waals surface area contributed by atoms with E-state index in [0.717, 1.165) is 22.6 Å². The molecule has 1 amide bonds. The van der Waals surface area contributed by atoms with E-state index in [1.807, 2.05) is 43.3 Å². The fraction of sp³-hybridized carbons (Fsp3) is 0.278. The van der Waals surface area contributed by atoms with Crippen molar-refractivity contribution in [2.75, 3.05) is 21.3 Å². The Morgan fingerprint density at radius 3 is 2.36 bits per heavy atom. The third-order valence-corrected chi connectivity index (χ3v) is 3.59. The first-order valence-corrected chi connectivity index (χ1v) is 7.08. The normalized spacial score (nSPS) is 10.2. The van der Waals surface area contributed by atoms with Crippen molar-refractivity contribution in [2.45, 2.75) is 13.5 Å². The molecule has 116 valence electrons. The molecule has 22 heavy (non-hydrogen) atoms. The molecule has 0 atom stereocenters. The lowest BCUT2D eigenvalue weighted by molar-refractivity contribution is 0.0784. The lowest BCUT2D eigenvalue weighted by Gasteiger charge is -2.19. The Bertz CT molecular complexity index is 667. The van der Waals surface area contributed by atoms with Crippen LogP contribution in [-0.2, 0) is 6.54 Å². The Morgan fingerprint density at radius 1 is 1.05 bits per heavy atom. The van der Waals surface area contributed by atoms with E-state index in [1.165, 1.54) is 0 Å². The Labute approximate surface area is 131 Å². The highest BCUT2D eigenvalue weighted by molar-refractivity contribution is 5.94. The van der Waals surface area contributed by atoms with Crippen molar-refractivity contribution < 1.29 is 14.3 Å². The molecule has 2 aromatic carbocycles. The largest absolute Gasteiger partial charge is 0.496 e. The smallest absolute Gasteiger partial charge is 0.253 e. The van der Waals surface area contributed by atoms with E-state index in [4.69, 9.17) is 9.47 Å². The SMILES string of the molecule is COc1ccc(C(=O)N(C)Cc2ccccc2OC)cc1C. The zero-order valence-corrected chi connectivity index (χ0v) is 13.4. The summed E-state index contributed by atoms with van der Waals surface area (Å²) in [7, 11) is 5.04. The molecule has 0 fully saturated rings. The molecule has 0 aromatic heterocycles. The van der Waals surface area contributed by atoms with Gasteiger partial charge in [-0.15, -0.1) is 0 Å². The number of methoxy groups -OCH3 is 2. The van der Waals surface area contributed by atoms with Gasteiger partial charge in [-0.1, -0.05) is 18.2 Å². The standard InChI is InChI=1S/C18H21NO3/c1-13-11-14(9-10-16(13)21-3)18(20)19(2)12-15-7-5-6-8-17(15)22-4/h5-11H,12H2,1-4H3. The van der Waals surface area contributed by atoms with Crippen LogP contribution in [0.1, 0.15) is 21.5 Å². The topological polar surface area (TPSA) is 38.8 Å². The summed E-state index contributed by atoms with van der Waals surface area (Å²) in [5.74, 6) is 1.54. The Balaban J connectivity index is 2.17. The van der Waals surface area contributed by atoms with Gasteiger partial charge in [0, 0.05) is 24.7 Å². The van der Waals surface area contributed by atoms with Crippen LogP contribution in [-0.4, -0.2) is 32.1 Å². The van der Waals surface area contributed by atoms with Crippen LogP contribution in [0.4, 0.5) is 0 Å². The van der Waals surface area contributed by atoms with Gasteiger partial charge in [0.05, 0.1) is 14.2 Å². The molecule has 0 radical (unpaired) electrons. The minimum absolute atomic E-state index is 0.0309. The van der Waals surface area contributed by atoms with Crippen LogP contribution in [0.25, 0.3) is 0 Å². The number of benzene rings is 2. The van der Waals surface area contributed by atoms with Gasteiger partial charge in [0.15, 0.2) is 0 Å². The molecule has 0 N–H and O–H groups in total. The maximum absolute atomic E-state index is 12.5. The van der Waals surface area contributed by atoms with Crippen molar-refractivity contribution in [1.82, 2.24) is 4.90 Å². The summed E-state index contributed by atoms with van der Waals surface area (Å²) in [6.07, 6.45) is 0. The van der Waals surface area contributed by atoms with Crippen LogP contribution in [0.2, 0.25) is 0 Å². The summed E-state index contributed by atoms with van der Waals surface area (Å²) < 4.78 is 10.6. The summed E-state index contributed by atoms with van der Waals surface area (Å²) in [5, 5.41) is 0. The van der Waals surface area contributed by atoms with Crippen molar-refractivity contribution in [2.24, 2.45) is 0 Å². The summed E-state index contributed by atoms with van der Waals surface area (Å²) in [6.45, 7) is 2.42. The van der Waals surface area contributed by atoms with E-state index in [-0.39, 0.29) is 5.91 Å². The Hall–Kier alpha value is -2.49. The predicted molar refractivity (Wildman–Crippen MR) is 86.5 cm³/mol. The highest BCUT2D eigenvalue weighted by Gasteiger charge is 2.15. The third kappa shape index (κ3) is 3.39. The van der Waals surface area contributed by atoms with Gasteiger partial charge in [-0.2, -0.15) is 0 Å². The van der Waals surface area contributed by atoms with Gasteiger partial charge in [-0.25, -0.2) is 0 Å². The molecular formula is C18H21NO3. The first-order chi connectivity index (χ1) is 10.6. The van der Waals surface area contributed by atoms with E-state index in [2.05, 4.69) is 0 Å². The molecule has 2 aromatic rings. The van der Waals surface area contributed by atoms with Gasteiger partial charge in [0.25, 0.3) is 5.91 Å². The minimum atomic E-state index is -0.0309. The number of carbonyl (C=O) groups is 1. The van der Waals surface area contributed by atoms with Crippen molar-refractivity contribution in [3.05, 3.63) is 59.2 Å². The number of para-hydroxylation sites is 1. The molecule has 2 rings (SSSR count). The van der Waals surface area contributed by atoms with E-state index in [0.29, 0.717) is 12.1 Å². The molecule has 0 aliphatic carbocycles. The number of ether oxygens (including phenoxy) is 2. The second-order valence-electron chi connectivity index (χ2n) is 5.16. The van der Waals surface area contributed by atoms with Crippen LogP contribution in [0, 0.1) is 6.92 Å². The van der Waals surface area contributed by atoms with Crippen LogP contribution >= 0.6 is 0 Å². The summed E-state index contributed by atoms with van der Waals surface area (Å²) in [5.41, 5.74) is 2.57. The lowest BCUT2D eigenvalue weighted by Crippen LogP contribution is -2.26. The van der Waals surface area contributed by atoms with Crippen molar-refractivity contribution in [1.29, 1.82) is 0 Å². The number of aryl methyl sites for hydroxylation is 1. The van der Waals surface area contributed by atoms with E-state index in [9.17, 15) is 4.79 Å². The molecule has 0 heterocycles. The quantitative estimate of drug-likeness (QED) is 0.850. The fourth-order valence-electron chi connectivity index (χ4n) is 2.39. The summed E-state index contributed by atoms with van der Waals surface area (Å²) >= 11 is 0. The molecule has 0 spiro atoms. The van der Waals surface area contributed by atoms with Crippen molar-refractivity contribution >= 4 is 5.91 Å². The summed E-state index contributed by atoms with van der Waals surface area (Å²) in [4.78, 5) is 14.2. The monoisotopic (exact) mass is 299 g/mol. The summed E-state index contributed by atoms with van der Waals surface area (Å²) in [6, 6.07) is 13.2. The molecule has 0 aliphatic heterocycles. The van der Waals surface area contributed by atoms with Gasteiger partial charge in [0.1, 0.15) is 11.5 Å². The second-order valence-corrected chi connectivity index (χ2v) is 5.16. The number of hydrogen-bond acceptors (Lipinski definition) is 3. The van der Waals surface area contributed by atoms with Gasteiger partial charge in [-0.3, -0.25) is 4.79 Å². The average Bonchev–Trinajstić information content (AvgIpc) is 2.54. The molecule has 0 unspecified atom stereocenters. The van der Waals surface area contributed by atoms with Crippen LogP contribution in [0.3, 0.4) is 0 Å². The number of amides is 1. The molecule has 0 saturated heterocycles. The molecule has 4 heteroatoms. The van der Waals surface area contributed by atoms with Crippen molar-refractivity contribution in [3.8, 4) is 11.5 Å². The number of rotatable bonds is 5. The van der Waals surface area contributed by atoms with Crippen LogP contribution in [0.15, 0.2) is 42.5 Å². The minimum Gasteiger partial charge on any atom is -0.496 e. The number of hydrogen-bond donors (Lipinski definition) is 0. The number of nitrogens with zero attached hydrogens (tertiary/aromatic N) is 1. The maximum atomic E-state index is 12.5. The predicted octanol–water partition coefficient (Wildman–Crippen LogP) is 3.28. The van der Waals surface area contributed by atoms with Gasteiger partial charge >= 0.3 is 0 Å². The molecule has 4 nitrogen and oxygen atoms in total. The van der Waals surface area contributed by atoms with E-state index in [1.54, 1.807) is 32.2 Å². The average molecular weight is 299 g/mol. The van der Waals surface area contributed by atoms with Crippen LogP contribution in [0.5, 0.6) is 11.5 Å². The van der Waals surface area contributed by atoms with E-state index < -0.39 is 0 Å². The van der Waals surface area contributed by atoms with Gasteiger partial charge in [0.2, 0.25) is 0 Å². The highest BCUT2D eigenvalue weighted by Crippen LogP contribution is 2.22.